The molecular weight excluding hydrogens is 358 g/mol. The maximum Gasteiger partial charge on any atom is 0.409 e. The Morgan fingerprint density at radius 2 is 1.89 bits per heavy atom. The number of nitrogens with zero attached hydrogens (tertiary/aromatic N) is 3. The van der Waals surface area contributed by atoms with Gasteiger partial charge >= 0.3 is 6.09 Å². The number of rotatable bonds is 3. The average Bonchev–Trinajstić information content (AvgIpc) is 3.31. The summed E-state index contributed by atoms with van der Waals surface area (Å²) in [6.45, 7) is 4.52. The first-order valence-electron chi connectivity index (χ1n) is 10.2. The number of anilines is 1. The van der Waals surface area contributed by atoms with Crippen molar-refractivity contribution in [3.8, 4) is 0 Å². The second-order valence-electron chi connectivity index (χ2n) is 7.73. The number of benzene rings is 1. The van der Waals surface area contributed by atoms with Gasteiger partial charge in [0.05, 0.1) is 12.5 Å². The van der Waals surface area contributed by atoms with Gasteiger partial charge in [0.15, 0.2) is 0 Å². The largest absolute Gasteiger partial charge is 0.450 e. The van der Waals surface area contributed by atoms with Crippen LogP contribution in [-0.2, 0) is 20.7 Å². The van der Waals surface area contributed by atoms with Crippen molar-refractivity contribution in [2.24, 2.45) is 5.92 Å². The SMILES string of the molecule is CCOC(=O)N1CCC(N2CC(C(=O)N3CCc4ccccc43)CC2=O)CC1. The van der Waals surface area contributed by atoms with Crippen LogP contribution in [0.25, 0.3) is 0 Å². The lowest BCUT2D eigenvalue weighted by Crippen LogP contribution is -2.47. The standard InChI is InChI=1S/C21H27N3O4/c1-2-28-21(27)22-10-8-17(9-11-22)24-14-16(13-19(24)25)20(26)23-12-7-15-5-3-4-6-18(15)23/h3-6,16-17H,2,7-14H2,1H3. The van der Waals surface area contributed by atoms with E-state index in [0.29, 0.717) is 32.8 Å². The molecule has 3 heterocycles. The Morgan fingerprint density at radius 1 is 1.14 bits per heavy atom. The molecule has 7 heteroatoms. The van der Waals surface area contributed by atoms with Crippen LogP contribution < -0.4 is 4.90 Å². The molecule has 0 aliphatic carbocycles. The first kappa shape index (κ1) is 18.8. The molecular formula is C21H27N3O4. The van der Waals surface area contributed by atoms with Gasteiger partial charge in [-0.1, -0.05) is 18.2 Å². The van der Waals surface area contributed by atoms with Gasteiger partial charge in [0, 0.05) is 44.3 Å². The third-order valence-corrected chi connectivity index (χ3v) is 6.09. The molecule has 0 N–H and O–H groups in total. The Hall–Kier alpha value is -2.57. The van der Waals surface area contributed by atoms with Crippen molar-refractivity contribution in [2.75, 3.05) is 37.7 Å². The molecule has 1 atom stereocenters. The number of ether oxygens (including phenoxy) is 1. The minimum absolute atomic E-state index is 0.0559. The fraction of sp³-hybridized carbons (Fsp3) is 0.571. The van der Waals surface area contributed by atoms with Crippen LogP contribution in [0.3, 0.4) is 0 Å². The minimum Gasteiger partial charge on any atom is -0.450 e. The Balaban J connectivity index is 1.36. The highest BCUT2D eigenvalue weighted by molar-refractivity contribution is 6.00. The predicted molar refractivity (Wildman–Crippen MR) is 104 cm³/mol. The van der Waals surface area contributed by atoms with Crippen molar-refractivity contribution in [2.45, 2.75) is 38.6 Å². The number of hydrogen-bond donors (Lipinski definition) is 0. The number of para-hydroxylation sites is 1. The number of likely N-dealkylation sites (tertiary alicyclic amines) is 2. The first-order valence-corrected chi connectivity index (χ1v) is 10.2. The van der Waals surface area contributed by atoms with Gasteiger partial charge in [-0.15, -0.1) is 0 Å². The van der Waals surface area contributed by atoms with E-state index in [1.807, 2.05) is 28.0 Å². The lowest BCUT2D eigenvalue weighted by molar-refractivity contribution is -0.130. The van der Waals surface area contributed by atoms with Crippen LogP contribution in [0.5, 0.6) is 0 Å². The number of fused-ring (bicyclic) bond motifs is 1. The van der Waals surface area contributed by atoms with Gasteiger partial charge in [0.2, 0.25) is 11.8 Å². The Labute approximate surface area is 165 Å². The number of piperidine rings is 1. The summed E-state index contributed by atoms with van der Waals surface area (Å²) in [5.74, 6) is -0.160. The molecule has 7 nitrogen and oxygen atoms in total. The summed E-state index contributed by atoms with van der Waals surface area (Å²) in [6.07, 6.45) is 2.35. The first-order chi connectivity index (χ1) is 13.6. The van der Waals surface area contributed by atoms with Crippen molar-refractivity contribution in [1.29, 1.82) is 0 Å². The van der Waals surface area contributed by atoms with Crippen LogP contribution in [0.4, 0.5) is 10.5 Å². The van der Waals surface area contributed by atoms with Crippen LogP contribution in [0.1, 0.15) is 31.7 Å². The molecule has 4 rings (SSSR count). The van der Waals surface area contributed by atoms with E-state index in [1.165, 1.54) is 5.56 Å². The summed E-state index contributed by atoms with van der Waals surface area (Å²) in [5, 5.41) is 0. The molecule has 3 aliphatic heterocycles. The zero-order valence-corrected chi connectivity index (χ0v) is 16.3. The molecule has 3 aliphatic rings. The lowest BCUT2D eigenvalue weighted by atomic mass is 10.0. The second-order valence-corrected chi connectivity index (χ2v) is 7.73. The van der Waals surface area contributed by atoms with E-state index < -0.39 is 0 Å². The smallest absolute Gasteiger partial charge is 0.409 e. The van der Waals surface area contributed by atoms with Gasteiger partial charge in [0.25, 0.3) is 0 Å². The molecule has 1 aromatic carbocycles. The average molecular weight is 385 g/mol. The normalized spacial score (nSPS) is 22.5. The van der Waals surface area contributed by atoms with Crippen LogP contribution in [0, 0.1) is 5.92 Å². The number of hydrogen-bond acceptors (Lipinski definition) is 4. The summed E-state index contributed by atoms with van der Waals surface area (Å²) in [6, 6.07) is 8.10. The van der Waals surface area contributed by atoms with Crippen LogP contribution in [0.15, 0.2) is 24.3 Å². The third-order valence-electron chi connectivity index (χ3n) is 6.09. The zero-order chi connectivity index (χ0) is 19.7. The fourth-order valence-electron chi connectivity index (χ4n) is 4.61. The molecule has 2 fully saturated rings. The topological polar surface area (TPSA) is 70.2 Å². The second kappa shape index (κ2) is 7.81. The molecule has 1 unspecified atom stereocenters. The van der Waals surface area contributed by atoms with Gasteiger partial charge in [0.1, 0.15) is 0 Å². The quantitative estimate of drug-likeness (QED) is 0.798. The van der Waals surface area contributed by atoms with E-state index in [-0.39, 0.29) is 36.3 Å². The molecule has 150 valence electrons. The van der Waals surface area contributed by atoms with Crippen LogP contribution in [-0.4, -0.2) is 66.5 Å². The van der Waals surface area contributed by atoms with Gasteiger partial charge in [-0.05, 0) is 37.8 Å². The maximum atomic E-state index is 13.1. The predicted octanol–water partition coefficient (Wildman–Crippen LogP) is 2.05. The summed E-state index contributed by atoms with van der Waals surface area (Å²) < 4.78 is 5.05. The summed E-state index contributed by atoms with van der Waals surface area (Å²) in [7, 11) is 0. The molecule has 3 amide bonds. The summed E-state index contributed by atoms with van der Waals surface area (Å²) in [5.41, 5.74) is 2.18. The molecule has 0 spiro atoms. The highest BCUT2D eigenvalue weighted by Crippen LogP contribution is 2.32. The van der Waals surface area contributed by atoms with Gasteiger partial charge in [-0.25, -0.2) is 4.79 Å². The highest BCUT2D eigenvalue weighted by atomic mass is 16.6. The Morgan fingerprint density at radius 3 is 2.64 bits per heavy atom. The van der Waals surface area contributed by atoms with Crippen molar-refractivity contribution < 1.29 is 19.1 Å². The van der Waals surface area contributed by atoms with Gasteiger partial charge < -0.3 is 19.4 Å². The minimum atomic E-state index is -0.283. The fourth-order valence-corrected chi connectivity index (χ4v) is 4.61. The molecule has 0 bridgehead atoms. The van der Waals surface area contributed by atoms with Crippen LogP contribution >= 0.6 is 0 Å². The van der Waals surface area contributed by atoms with E-state index >= 15 is 0 Å². The molecule has 0 radical (unpaired) electrons. The van der Waals surface area contributed by atoms with E-state index in [4.69, 9.17) is 4.74 Å². The molecule has 28 heavy (non-hydrogen) atoms. The number of carbonyl (C=O) groups excluding carboxylic acids is 3. The molecule has 0 saturated carbocycles. The van der Waals surface area contributed by atoms with Crippen molar-refractivity contribution >= 4 is 23.6 Å². The van der Waals surface area contributed by atoms with Crippen molar-refractivity contribution in [3.63, 3.8) is 0 Å². The molecule has 0 aromatic heterocycles. The molecule has 2 saturated heterocycles. The van der Waals surface area contributed by atoms with E-state index in [2.05, 4.69) is 6.07 Å². The lowest BCUT2D eigenvalue weighted by Gasteiger charge is -2.36. The maximum absolute atomic E-state index is 13.1. The zero-order valence-electron chi connectivity index (χ0n) is 16.3. The number of amides is 3. The number of carbonyl (C=O) groups is 3. The summed E-state index contributed by atoms with van der Waals surface area (Å²) in [4.78, 5) is 43.0. The van der Waals surface area contributed by atoms with Crippen molar-refractivity contribution in [1.82, 2.24) is 9.80 Å². The molecule has 1 aromatic rings. The Bertz CT molecular complexity index is 773. The Kier molecular flexibility index (Phi) is 5.24. The monoisotopic (exact) mass is 385 g/mol. The van der Waals surface area contributed by atoms with Crippen molar-refractivity contribution in [3.05, 3.63) is 29.8 Å². The van der Waals surface area contributed by atoms with Gasteiger partial charge in [-0.3, -0.25) is 9.59 Å². The van der Waals surface area contributed by atoms with E-state index in [9.17, 15) is 14.4 Å². The third kappa shape index (κ3) is 3.45. The van der Waals surface area contributed by atoms with Gasteiger partial charge in [-0.2, -0.15) is 0 Å². The van der Waals surface area contributed by atoms with Crippen LogP contribution in [0.2, 0.25) is 0 Å². The highest BCUT2D eigenvalue weighted by Gasteiger charge is 2.41. The van der Waals surface area contributed by atoms with E-state index in [0.717, 1.165) is 24.9 Å². The van der Waals surface area contributed by atoms with E-state index in [1.54, 1.807) is 11.8 Å². The summed E-state index contributed by atoms with van der Waals surface area (Å²) >= 11 is 0.